The zero-order chi connectivity index (χ0) is 33.2. The topological polar surface area (TPSA) is 92.3 Å². The van der Waals surface area contributed by atoms with Crippen molar-refractivity contribution in [3.8, 4) is 0 Å². The van der Waals surface area contributed by atoms with Gasteiger partial charge in [-0.25, -0.2) is 0 Å². The fraction of sp³-hybridized carbons (Fsp3) is 0.353. The fourth-order valence-corrected chi connectivity index (χ4v) is 4.96. The van der Waals surface area contributed by atoms with Crippen molar-refractivity contribution < 1.29 is 41.1 Å². The van der Waals surface area contributed by atoms with Crippen LogP contribution in [0.15, 0.2) is 91.0 Å². The molecule has 0 radical (unpaired) electrons. The first-order chi connectivity index (χ1) is 21.2. The summed E-state index contributed by atoms with van der Waals surface area (Å²) in [5.74, 6) is -13.4. The molecule has 0 fully saturated rings. The van der Waals surface area contributed by atoms with Crippen molar-refractivity contribution in [2.24, 2.45) is 11.8 Å². The Kier molecular flexibility index (Phi) is 12.1. The number of Topliss-reactive ketones (excluding diaryl/α,β-unsaturated/α-hetero) is 2. The monoisotopic (exact) mass is 630 g/mol. The molecular formula is C34H35F5N2O4. The lowest BCUT2D eigenvalue weighted by Crippen LogP contribution is -2.52. The third kappa shape index (κ3) is 10.3. The Morgan fingerprint density at radius 1 is 0.711 bits per heavy atom. The molecule has 0 spiro atoms. The maximum atomic E-state index is 14.8. The Morgan fingerprint density at radius 3 is 1.67 bits per heavy atom. The summed E-state index contributed by atoms with van der Waals surface area (Å²) in [5, 5.41) is 3.77. The molecule has 3 rings (SSSR count). The number of carbonyl (C=O) groups is 4. The summed E-state index contributed by atoms with van der Waals surface area (Å²) in [7, 11) is 0. The summed E-state index contributed by atoms with van der Waals surface area (Å²) >= 11 is 0. The van der Waals surface area contributed by atoms with Gasteiger partial charge < -0.3 is 10.6 Å². The van der Waals surface area contributed by atoms with Crippen LogP contribution in [0.4, 0.5) is 22.0 Å². The highest BCUT2D eigenvalue weighted by atomic mass is 19.4. The van der Waals surface area contributed by atoms with E-state index in [-0.39, 0.29) is 18.8 Å². The van der Waals surface area contributed by atoms with Gasteiger partial charge >= 0.3 is 12.1 Å². The molecule has 0 aliphatic heterocycles. The molecule has 45 heavy (non-hydrogen) atoms. The van der Waals surface area contributed by atoms with Crippen LogP contribution < -0.4 is 10.6 Å². The number of rotatable bonds is 15. The zero-order valence-corrected chi connectivity index (χ0v) is 24.8. The molecule has 0 aromatic heterocycles. The Bertz CT molecular complexity index is 1390. The van der Waals surface area contributed by atoms with Gasteiger partial charge in [-0.05, 0) is 29.0 Å². The van der Waals surface area contributed by atoms with E-state index in [9.17, 15) is 41.1 Å². The maximum Gasteiger partial charge on any atom is 0.405 e. The number of halogens is 5. The summed E-state index contributed by atoms with van der Waals surface area (Å²) < 4.78 is 67.0. The normalized spacial score (nSPS) is 13.3. The first-order valence-corrected chi connectivity index (χ1v) is 14.4. The van der Waals surface area contributed by atoms with Crippen LogP contribution in [0.1, 0.15) is 49.3 Å². The van der Waals surface area contributed by atoms with Crippen molar-refractivity contribution in [1.29, 1.82) is 0 Å². The number of hydrogen-bond acceptors (Lipinski definition) is 4. The van der Waals surface area contributed by atoms with Gasteiger partial charge in [0.25, 0.3) is 5.91 Å². The zero-order valence-electron chi connectivity index (χ0n) is 24.8. The van der Waals surface area contributed by atoms with Crippen LogP contribution in [0, 0.1) is 11.8 Å². The first kappa shape index (κ1) is 35.1. The van der Waals surface area contributed by atoms with Gasteiger partial charge in [0.2, 0.25) is 11.7 Å². The highest BCUT2D eigenvalue weighted by molar-refractivity contribution is 6.09. The van der Waals surface area contributed by atoms with Crippen molar-refractivity contribution in [3.05, 3.63) is 108 Å². The molecule has 6 nitrogen and oxygen atoms in total. The van der Waals surface area contributed by atoms with Crippen molar-refractivity contribution in [1.82, 2.24) is 10.6 Å². The third-order valence-corrected chi connectivity index (χ3v) is 7.41. The van der Waals surface area contributed by atoms with E-state index < -0.39 is 66.3 Å². The number of hydrogen-bond donors (Lipinski definition) is 2. The minimum Gasteiger partial charge on any atom is -0.346 e. The molecule has 0 saturated heterocycles. The van der Waals surface area contributed by atoms with Gasteiger partial charge in [-0.3, -0.25) is 19.2 Å². The molecule has 11 heteroatoms. The lowest BCUT2D eigenvalue weighted by molar-refractivity contribution is -0.167. The quantitative estimate of drug-likeness (QED) is 0.158. The van der Waals surface area contributed by atoms with Crippen LogP contribution in [0.5, 0.6) is 0 Å². The molecule has 2 N–H and O–H groups in total. The van der Waals surface area contributed by atoms with E-state index in [0.717, 1.165) is 16.4 Å². The summed E-state index contributed by atoms with van der Waals surface area (Å²) in [6, 6.07) is 26.0. The third-order valence-electron chi connectivity index (χ3n) is 7.41. The smallest absolute Gasteiger partial charge is 0.346 e. The van der Waals surface area contributed by atoms with E-state index in [1.165, 1.54) is 13.8 Å². The van der Waals surface area contributed by atoms with Gasteiger partial charge in [-0.15, -0.1) is 0 Å². The first-order valence-electron chi connectivity index (χ1n) is 14.4. The summed E-state index contributed by atoms with van der Waals surface area (Å²) in [4.78, 5) is 51.8. The Labute approximate surface area is 258 Å². The minimum absolute atomic E-state index is 0.00573. The second-order valence-electron chi connectivity index (χ2n) is 11.1. The number of nitrogens with one attached hydrogen (secondary N) is 2. The molecule has 2 atom stereocenters. The summed E-state index contributed by atoms with van der Waals surface area (Å²) in [6.07, 6.45) is -5.78. The van der Waals surface area contributed by atoms with Crippen LogP contribution in [0.3, 0.4) is 0 Å². The van der Waals surface area contributed by atoms with Crippen LogP contribution in [-0.2, 0) is 25.6 Å². The molecule has 0 unspecified atom stereocenters. The molecule has 240 valence electrons. The predicted octanol–water partition coefficient (Wildman–Crippen LogP) is 6.05. The number of amides is 2. The van der Waals surface area contributed by atoms with Crippen molar-refractivity contribution in [2.75, 3.05) is 6.54 Å². The molecule has 0 saturated carbocycles. The highest BCUT2D eigenvalue weighted by Crippen LogP contribution is 2.30. The number of ketones is 2. The van der Waals surface area contributed by atoms with E-state index in [0.29, 0.717) is 5.56 Å². The van der Waals surface area contributed by atoms with Gasteiger partial charge in [-0.1, -0.05) is 105 Å². The second kappa shape index (κ2) is 15.5. The largest absolute Gasteiger partial charge is 0.405 e. The number of benzene rings is 3. The minimum atomic E-state index is -4.97. The van der Waals surface area contributed by atoms with Crippen LogP contribution in [0.25, 0.3) is 0 Å². The van der Waals surface area contributed by atoms with Gasteiger partial charge in [0.05, 0.1) is 6.04 Å². The summed E-state index contributed by atoms with van der Waals surface area (Å²) in [5.41, 5.74) is 2.38. The van der Waals surface area contributed by atoms with E-state index in [4.69, 9.17) is 0 Å². The molecule has 2 amide bonds. The van der Waals surface area contributed by atoms with Crippen molar-refractivity contribution in [3.63, 3.8) is 0 Å². The van der Waals surface area contributed by atoms with E-state index in [2.05, 4.69) is 5.32 Å². The van der Waals surface area contributed by atoms with Crippen LogP contribution in [0.2, 0.25) is 0 Å². The van der Waals surface area contributed by atoms with Crippen LogP contribution >= 0.6 is 0 Å². The molecule has 0 heterocycles. The van der Waals surface area contributed by atoms with Gasteiger partial charge in [-0.2, -0.15) is 22.0 Å². The molecule has 3 aromatic rings. The molecule has 3 aromatic carbocycles. The lowest BCUT2D eigenvalue weighted by Gasteiger charge is -2.26. The van der Waals surface area contributed by atoms with Crippen molar-refractivity contribution >= 4 is 23.4 Å². The highest BCUT2D eigenvalue weighted by Gasteiger charge is 2.51. The van der Waals surface area contributed by atoms with Gasteiger partial charge in [0.1, 0.15) is 6.54 Å². The molecule has 0 bridgehead atoms. The second-order valence-corrected chi connectivity index (χ2v) is 11.1. The van der Waals surface area contributed by atoms with E-state index >= 15 is 0 Å². The van der Waals surface area contributed by atoms with Crippen molar-refractivity contribution in [2.45, 2.75) is 57.2 Å². The Morgan fingerprint density at radius 2 is 1.20 bits per heavy atom. The lowest BCUT2D eigenvalue weighted by atomic mass is 9.82. The molecule has 0 aliphatic carbocycles. The molecule has 0 aliphatic rings. The molecular weight excluding hydrogens is 595 g/mol. The standard InChI is InChI=1S/C34H35F5N2O4/c1-22(2)26(31(44)34(38,39)32(45)40-21-33(35,36)37)19-29(42)28(18-23-12-6-3-7-13-23)41-30(43)20-27(24-14-8-4-9-15-24)25-16-10-5-11-17-25/h3-17,22,26-28H,18-21H2,1-2H3,(H,40,45)(H,41,43)/t26-,28-/m0/s1. The Hall–Kier alpha value is -4.41. The number of carbonyl (C=O) groups excluding carboxylic acids is 4. The Balaban J connectivity index is 1.84. The average molecular weight is 631 g/mol. The average Bonchev–Trinajstić information content (AvgIpc) is 3.01. The number of alkyl halides is 5. The van der Waals surface area contributed by atoms with E-state index in [1.54, 1.807) is 30.3 Å². The van der Waals surface area contributed by atoms with Crippen LogP contribution in [-0.4, -0.2) is 48.1 Å². The fourth-order valence-electron chi connectivity index (χ4n) is 4.96. The SMILES string of the molecule is CC(C)[C@H](CC(=O)[C@H](Cc1ccccc1)NC(=O)CC(c1ccccc1)c1ccccc1)C(=O)C(F)(F)C(=O)NCC(F)(F)F. The summed E-state index contributed by atoms with van der Waals surface area (Å²) in [6.45, 7) is 0.724. The van der Waals surface area contributed by atoms with Gasteiger partial charge in [0.15, 0.2) is 5.78 Å². The van der Waals surface area contributed by atoms with Gasteiger partial charge in [0, 0.05) is 24.7 Å². The van der Waals surface area contributed by atoms with E-state index in [1.807, 2.05) is 60.7 Å². The predicted molar refractivity (Wildman–Crippen MR) is 158 cm³/mol. The maximum absolute atomic E-state index is 14.8.